The molecule has 0 unspecified atom stereocenters. The van der Waals surface area contributed by atoms with Gasteiger partial charge in [0.05, 0.1) is 18.9 Å². The number of nitrogens with two attached hydrogens (primary N) is 1. The van der Waals surface area contributed by atoms with Gasteiger partial charge in [0.2, 0.25) is 41.4 Å². The maximum atomic E-state index is 14.1. The molecule has 30 heteroatoms. The van der Waals surface area contributed by atoms with Gasteiger partial charge in [-0.15, -0.1) is 0 Å². The summed E-state index contributed by atoms with van der Waals surface area (Å²) in [5.41, 5.74) is 5.82. The predicted molar refractivity (Wildman–Crippen MR) is 238 cm³/mol. The molecule has 0 fully saturated rings. The Hall–Kier alpha value is -8.44. The minimum absolute atomic E-state index is 0.185. The van der Waals surface area contributed by atoms with Gasteiger partial charge < -0.3 is 83.8 Å². The molecule has 1 aromatic rings. The predicted octanol–water partition coefficient (Wildman–Crippen LogP) is -4.20. The van der Waals surface area contributed by atoms with Gasteiger partial charge in [-0.05, 0) is 49.3 Å². The van der Waals surface area contributed by atoms with Crippen molar-refractivity contribution < 1.29 is 108 Å². The van der Waals surface area contributed by atoms with E-state index in [1.165, 1.54) is 38.1 Å². The number of aromatic hydroxyl groups is 1. The van der Waals surface area contributed by atoms with E-state index in [-0.39, 0.29) is 11.3 Å². The highest BCUT2D eigenvalue weighted by molar-refractivity contribution is 5.99. The molecule has 398 valence electrons. The van der Waals surface area contributed by atoms with Gasteiger partial charge in [0.15, 0.2) is 0 Å². The van der Waals surface area contributed by atoms with Crippen LogP contribution >= 0.6 is 0 Å². The molecule has 0 spiro atoms. The van der Waals surface area contributed by atoms with E-state index >= 15 is 0 Å². The fourth-order valence-corrected chi connectivity index (χ4v) is 6.27. The summed E-state index contributed by atoms with van der Waals surface area (Å²) in [6, 6.07) is -10.0. The van der Waals surface area contributed by atoms with E-state index in [1.54, 1.807) is 0 Å². The number of carboxylic acids is 7. The lowest BCUT2D eigenvalue weighted by molar-refractivity contribution is -0.144. The first-order valence-electron chi connectivity index (χ1n) is 21.7. The van der Waals surface area contributed by atoms with E-state index in [4.69, 9.17) is 10.8 Å². The fourth-order valence-electron chi connectivity index (χ4n) is 6.27. The molecule has 1 rings (SSSR count). The van der Waals surface area contributed by atoms with Crippen LogP contribution < -0.4 is 43.0 Å². The van der Waals surface area contributed by atoms with Crippen LogP contribution in [0.4, 0.5) is 0 Å². The van der Waals surface area contributed by atoms with Crippen molar-refractivity contribution in [3.8, 4) is 5.75 Å². The largest absolute Gasteiger partial charge is 0.508 e. The molecule has 0 saturated carbocycles. The normalized spacial score (nSPS) is 14.2. The van der Waals surface area contributed by atoms with Crippen molar-refractivity contribution in [1.29, 1.82) is 0 Å². The molecule has 0 aliphatic rings. The monoisotopic (exact) mass is 1030 g/mol. The summed E-state index contributed by atoms with van der Waals surface area (Å²) < 4.78 is 0. The number of hydrogen-bond donors (Lipinski definition) is 16. The SMILES string of the molecule is CC(C)[C@H](NC(=O)[C@H](CCC(=O)O)NC(=O)[C@H](CCC(=O)O)NC(=O)[C@H](Cc1ccc(O)cc1)NC(=O)[C@H](CCC(=O)O)NC(=O)[C@H](CC(=O)O)NC(=O)[C@H](CC(=O)O)NC(=O)[C@@H](N)CCC(=O)O)C(=O)O. The number of benzene rings is 1. The summed E-state index contributed by atoms with van der Waals surface area (Å²) in [5.74, 6) is -21.0. The lowest BCUT2D eigenvalue weighted by Crippen LogP contribution is -2.60. The van der Waals surface area contributed by atoms with Crippen LogP contribution in [0.1, 0.15) is 83.6 Å². The first-order chi connectivity index (χ1) is 33.5. The van der Waals surface area contributed by atoms with Crippen LogP contribution in [0.2, 0.25) is 0 Å². The van der Waals surface area contributed by atoms with Crippen molar-refractivity contribution >= 4 is 83.1 Å². The molecule has 0 aliphatic carbocycles. The van der Waals surface area contributed by atoms with Gasteiger partial charge >= 0.3 is 41.8 Å². The fraction of sp³-hybridized carbons (Fsp3) is 0.524. The third kappa shape index (κ3) is 23.7. The Bertz CT molecular complexity index is 2190. The average Bonchev–Trinajstić information content (AvgIpc) is 3.27. The van der Waals surface area contributed by atoms with Crippen molar-refractivity contribution in [2.24, 2.45) is 11.7 Å². The third-order valence-electron chi connectivity index (χ3n) is 10.1. The Labute approximate surface area is 407 Å². The molecule has 8 atom stereocenters. The number of phenols is 1. The number of carbonyl (C=O) groups is 14. The van der Waals surface area contributed by atoms with Gasteiger partial charge in [-0.2, -0.15) is 0 Å². The molecule has 0 radical (unpaired) electrons. The number of amides is 7. The Morgan fingerprint density at radius 2 is 0.722 bits per heavy atom. The summed E-state index contributed by atoms with van der Waals surface area (Å²) in [5, 5.41) is 90.2. The summed E-state index contributed by atoms with van der Waals surface area (Å²) in [4.78, 5) is 175. The minimum atomic E-state index is -2.20. The molecule has 72 heavy (non-hydrogen) atoms. The van der Waals surface area contributed by atoms with E-state index in [0.29, 0.717) is 0 Å². The van der Waals surface area contributed by atoms with Crippen LogP contribution in [-0.2, 0) is 73.5 Å². The molecule has 17 N–H and O–H groups in total. The van der Waals surface area contributed by atoms with Gasteiger partial charge in [-0.1, -0.05) is 26.0 Å². The van der Waals surface area contributed by atoms with Crippen molar-refractivity contribution in [3.63, 3.8) is 0 Å². The van der Waals surface area contributed by atoms with Crippen molar-refractivity contribution in [1.82, 2.24) is 37.2 Å². The Morgan fingerprint density at radius 3 is 1.07 bits per heavy atom. The maximum absolute atomic E-state index is 14.1. The van der Waals surface area contributed by atoms with Crippen LogP contribution in [-0.4, -0.2) is 172 Å². The summed E-state index contributed by atoms with van der Waals surface area (Å²) in [7, 11) is 0. The van der Waals surface area contributed by atoms with Crippen LogP contribution in [0, 0.1) is 5.92 Å². The van der Waals surface area contributed by atoms with Crippen LogP contribution in [0.15, 0.2) is 24.3 Å². The number of aliphatic carboxylic acids is 7. The zero-order valence-electron chi connectivity index (χ0n) is 38.7. The summed E-state index contributed by atoms with van der Waals surface area (Å²) in [6.45, 7) is 2.88. The molecule has 30 nitrogen and oxygen atoms in total. The van der Waals surface area contributed by atoms with Crippen LogP contribution in [0.3, 0.4) is 0 Å². The number of phenolic OH excluding ortho intramolecular Hbond substituents is 1. The van der Waals surface area contributed by atoms with Gasteiger partial charge in [-0.3, -0.25) is 62.3 Å². The number of carboxylic acid groups (broad SMARTS) is 7. The first kappa shape index (κ1) is 61.6. The van der Waals surface area contributed by atoms with Gasteiger partial charge in [0.1, 0.15) is 48.0 Å². The average molecular weight is 1030 g/mol. The second-order valence-corrected chi connectivity index (χ2v) is 16.3. The zero-order chi connectivity index (χ0) is 55.0. The number of hydrogen-bond acceptors (Lipinski definition) is 16. The Kier molecular flexibility index (Phi) is 25.9. The molecule has 7 amide bonds. The van der Waals surface area contributed by atoms with E-state index in [2.05, 4.69) is 26.6 Å². The number of rotatable bonds is 34. The first-order valence-corrected chi connectivity index (χ1v) is 21.7. The number of nitrogens with one attached hydrogen (secondary N) is 7. The Balaban J connectivity index is 3.67. The van der Waals surface area contributed by atoms with Gasteiger partial charge in [0.25, 0.3) is 0 Å². The summed E-state index contributed by atoms with van der Waals surface area (Å²) >= 11 is 0. The highest BCUT2D eigenvalue weighted by Gasteiger charge is 2.36. The van der Waals surface area contributed by atoms with Gasteiger partial charge in [0, 0.05) is 32.1 Å². The highest BCUT2D eigenvalue weighted by atomic mass is 16.4. The molecule has 0 bridgehead atoms. The molecule has 0 heterocycles. The topological polar surface area (TPSA) is 511 Å². The molecule has 1 aromatic carbocycles. The van der Waals surface area contributed by atoms with Crippen LogP contribution in [0.25, 0.3) is 0 Å². The quantitative estimate of drug-likeness (QED) is 0.0311. The standard InChI is InChI=1S/C42H58N8O22/c1-18(2)34(42(71)72)50-38(67)24(10-14-31(58)59)44-36(65)22(8-12-29(54)55)45-39(68)25(15-19-3-5-20(51)6-4-19)48-37(66)23(9-13-30(56)57)46-40(69)27(17-33(62)63)49-41(70)26(16-32(60)61)47-35(64)21(43)7-11-28(52)53/h3-6,18,21-27,34,51H,7-17,43H2,1-2H3,(H,44,65)(H,45,68)(H,46,69)(H,47,64)(H,48,66)(H,49,70)(H,50,67)(H,52,53)(H,54,55)(H,56,57)(H,58,59)(H,60,61)(H,62,63)(H,71,72)/t21-,22-,23-,24-,25-,26-,27-,34-/m0/s1. The Morgan fingerprint density at radius 1 is 0.417 bits per heavy atom. The van der Waals surface area contributed by atoms with E-state index in [9.17, 15) is 103 Å². The smallest absolute Gasteiger partial charge is 0.326 e. The van der Waals surface area contributed by atoms with Gasteiger partial charge in [-0.25, -0.2) is 4.79 Å². The van der Waals surface area contributed by atoms with Crippen molar-refractivity contribution in [2.75, 3.05) is 0 Å². The van der Waals surface area contributed by atoms with E-state index in [1.807, 2.05) is 10.6 Å². The minimum Gasteiger partial charge on any atom is -0.508 e. The summed E-state index contributed by atoms with van der Waals surface area (Å²) in [6.07, 6.45) is -8.66. The number of carbonyl (C=O) groups excluding carboxylic acids is 7. The van der Waals surface area contributed by atoms with E-state index in [0.717, 1.165) is 0 Å². The van der Waals surface area contributed by atoms with Crippen LogP contribution in [0.5, 0.6) is 5.75 Å². The van der Waals surface area contributed by atoms with Crippen molar-refractivity contribution in [3.05, 3.63) is 29.8 Å². The highest BCUT2D eigenvalue weighted by Crippen LogP contribution is 2.14. The van der Waals surface area contributed by atoms with Crippen molar-refractivity contribution in [2.45, 2.75) is 133 Å². The molecule has 0 saturated heterocycles. The molecule has 0 aliphatic heterocycles. The second kappa shape index (κ2) is 30.2. The third-order valence-corrected chi connectivity index (χ3v) is 10.1. The zero-order valence-corrected chi connectivity index (χ0v) is 38.7. The van der Waals surface area contributed by atoms with E-state index < -0.39 is 208 Å². The molecule has 0 aromatic heterocycles. The molecular weight excluding hydrogens is 968 g/mol. The second-order valence-electron chi connectivity index (χ2n) is 16.3. The lowest BCUT2D eigenvalue weighted by Gasteiger charge is -2.28. The maximum Gasteiger partial charge on any atom is 0.326 e. The molecular formula is C42H58N8O22. The lowest BCUT2D eigenvalue weighted by atomic mass is 10.0.